The Bertz CT molecular complexity index is 1550. The van der Waals surface area contributed by atoms with E-state index in [0.29, 0.717) is 35.1 Å². The summed E-state index contributed by atoms with van der Waals surface area (Å²) in [6.45, 7) is 0.552. The third-order valence-corrected chi connectivity index (χ3v) is 5.94. The van der Waals surface area contributed by atoms with E-state index in [9.17, 15) is 27.6 Å². The molecular weight excluding hydrogens is 497 g/mol. The minimum Gasteiger partial charge on any atom is -0.480 e. The predicted octanol–water partition coefficient (Wildman–Crippen LogP) is 2.96. The maximum absolute atomic E-state index is 13.1. The zero-order valence-corrected chi connectivity index (χ0v) is 19.3. The average Bonchev–Trinajstić information content (AvgIpc) is 3.52. The van der Waals surface area contributed by atoms with Crippen LogP contribution in [0.2, 0.25) is 0 Å². The maximum atomic E-state index is 13.1. The summed E-state index contributed by atoms with van der Waals surface area (Å²) in [5.41, 5.74) is 5.98. The number of fused-ring (bicyclic) bond motifs is 2. The number of hydrogen-bond acceptors (Lipinski definition) is 8. The Balaban J connectivity index is 0.000000225. The van der Waals surface area contributed by atoms with Crippen LogP contribution in [-0.4, -0.2) is 46.3 Å². The molecule has 1 aliphatic heterocycles. The van der Waals surface area contributed by atoms with Crippen molar-refractivity contribution in [3.05, 3.63) is 64.8 Å². The van der Waals surface area contributed by atoms with E-state index >= 15 is 0 Å². The molecule has 194 valence electrons. The average molecular weight is 518 g/mol. The molecule has 1 unspecified atom stereocenters. The standard InChI is InChI=1S/C17H10F3N3O2.C7H11NO4/c18-17(19,20)9-1-3-11-12(21)7-16(24)23(14(11)5-9)10-2-4-15-13(6-10)22-8-25-15;1-12-7(11)4-2-3-8-5(4)6(9)10/h1-8H,21H2;4-5,8H,2-3H2,1H3,(H,9,10)/t;4?,5-/m.0/s1. The Labute approximate surface area is 206 Å². The number of carbonyl (C=O) groups is 2. The van der Waals surface area contributed by atoms with Crippen LogP contribution in [0.5, 0.6) is 0 Å². The van der Waals surface area contributed by atoms with E-state index < -0.39 is 41.2 Å². The lowest BCUT2D eigenvalue weighted by Crippen LogP contribution is -2.39. The van der Waals surface area contributed by atoms with Crippen LogP contribution in [0.1, 0.15) is 12.0 Å². The maximum Gasteiger partial charge on any atom is 0.416 e. The summed E-state index contributed by atoms with van der Waals surface area (Å²) in [6.07, 6.45) is -2.75. The second-order valence-corrected chi connectivity index (χ2v) is 8.20. The monoisotopic (exact) mass is 518 g/mol. The van der Waals surface area contributed by atoms with Crippen LogP contribution >= 0.6 is 0 Å². The Hall–Kier alpha value is -4.39. The van der Waals surface area contributed by atoms with Crippen LogP contribution < -0.4 is 16.6 Å². The third kappa shape index (κ3) is 5.11. The Morgan fingerprint density at radius 3 is 2.65 bits per heavy atom. The number of pyridine rings is 1. The highest BCUT2D eigenvalue weighted by atomic mass is 19.4. The Kier molecular flexibility index (Phi) is 6.90. The molecule has 0 bridgehead atoms. The van der Waals surface area contributed by atoms with Crippen molar-refractivity contribution in [2.75, 3.05) is 19.4 Å². The van der Waals surface area contributed by atoms with Crippen LogP contribution in [0.3, 0.4) is 0 Å². The van der Waals surface area contributed by atoms with E-state index in [1.165, 1.54) is 30.2 Å². The van der Waals surface area contributed by atoms with E-state index in [-0.39, 0.29) is 11.2 Å². The number of aromatic nitrogens is 2. The largest absolute Gasteiger partial charge is 0.480 e. The van der Waals surface area contributed by atoms with E-state index in [1.54, 1.807) is 18.2 Å². The highest BCUT2D eigenvalue weighted by Crippen LogP contribution is 2.33. The van der Waals surface area contributed by atoms with Gasteiger partial charge in [0.25, 0.3) is 5.56 Å². The van der Waals surface area contributed by atoms with Crippen molar-refractivity contribution in [2.45, 2.75) is 18.6 Å². The summed E-state index contributed by atoms with van der Waals surface area (Å²) in [7, 11) is 1.26. The molecule has 2 atom stereocenters. The molecule has 13 heteroatoms. The predicted molar refractivity (Wildman–Crippen MR) is 126 cm³/mol. The first-order chi connectivity index (χ1) is 17.5. The number of carboxylic acids is 1. The summed E-state index contributed by atoms with van der Waals surface area (Å²) < 4.78 is 50.0. The van der Waals surface area contributed by atoms with Crippen molar-refractivity contribution >= 4 is 39.6 Å². The van der Waals surface area contributed by atoms with Crippen LogP contribution in [0.25, 0.3) is 27.7 Å². The quantitative estimate of drug-likeness (QED) is 0.348. The fraction of sp³-hybridized carbons (Fsp3) is 0.250. The Morgan fingerprint density at radius 1 is 1.22 bits per heavy atom. The molecule has 37 heavy (non-hydrogen) atoms. The number of benzene rings is 2. The number of nitrogen functional groups attached to an aromatic ring is 1. The van der Waals surface area contributed by atoms with Crippen LogP contribution in [0.15, 0.2) is 58.1 Å². The molecule has 4 N–H and O–H groups in total. The summed E-state index contributed by atoms with van der Waals surface area (Å²) in [5.74, 6) is -1.98. The molecule has 1 saturated heterocycles. The number of methoxy groups -OCH3 is 1. The van der Waals surface area contributed by atoms with E-state index in [0.717, 1.165) is 12.1 Å². The van der Waals surface area contributed by atoms with Gasteiger partial charge in [0.15, 0.2) is 12.0 Å². The normalized spacial score (nSPS) is 17.4. The lowest BCUT2D eigenvalue weighted by Gasteiger charge is -2.14. The number of halogens is 3. The molecule has 0 saturated carbocycles. The first kappa shape index (κ1) is 25.7. The lowest BCUT2D eigenvalue weighted by atomic mass is 10.0. The van der Waals surface area contributed by atoms with Crippen molar-refractivity contribution in [3.8, 4) is 5.69 Å². The van der Waals surface area contributed by atoms with Crippen molar-refractivity contribution < 1.29 is 37.0 Å². The van der Waals surface area contributed by atoms with Gasteiger partial charge in [-0.3, -0.25) is 19.0 Å². The number of alkyl halides is 3. The fourth-order valence-electron chi connectivity index (χ4n) is 4.15. The van der Waals surface area contributed by atoms with E-state index in [4.69, 9.17) is 15.3 Å². The highest BCUT2D eigenvalue weighted by molar-refractivity contribution is 5.92. The summed E-state index contributed by atoms with van der Waals surface area (Å²) >= 11 is 0. The van der Waals surface area contributed by atoms with Crippen LogP contribution in [0.4, 0.5) is 18.9 Å². The number of oxazole rings is 1. The number of rotatable bonds is 3. The number of carboxylic acid groups (broad SMARTS) is 1. The van der Waals surface area contributed by atoms with Gasteiger partial charge < -0.3 is 25.3 Å². The molecule has 0 aliphatic carbocycles. The summed E-state index contributed by atoms with van der Waals surface area (Å²) in [5, 5.41) is 11.7. The second-order valence-electron chi connectivity index (χ2n) is 8.20. The van der Waals surface area contributed by atoms with Crippen molar-refractivity contribution in [1.29, 1.82) is 0 Å². The zero-order valence-electron chi connectivity index (χ0n) is 19.3. The minimum atomic E-state index is -4.53. The SMILES string of the molecule is COC(=O)C1CCN[C@@H]1C(=O)O.Nc1cc(=O)n(-c2ccc3ocnc3c2)c2cc(C(F)(F)F)ccc12. The van der Waals surface area contributed by atoms with Gasteiger partial charge in [0, 0.05) is 17.1 Å². The molecule has 0 spiro atoms. The number of ether oxygens (including phenoxy) is 1. The van der Waals surface area contributed by atoms with Crippen molar-refractivity contribution in [1.82, 2.24) is 14.9 Å². The molecule has 0 radical (unpaired) electrons. The van der Waals surface area contributed by atoms with E-state index in [1.807, 2.05) is 0 Å². The number of anilines is 1. The molecule has 3 heterocycles. The molecule has 4 aromatic rings. The number of hydrogen-bond donors (Lipinski definition) is 3. The molecule has 10 nitrogen and oxygen atoms in total. The number of carbonyl (C=O) groups excluding carboxylic acids is 1. The smallest absolute Gasteiger partial charge is 0.416 e. The molecule has 5 rings (SSSR count). The number of nitrogens with one attached hydrogen (secondary N) is 1. The molecule has 1 aliphatic rings. The third-order valence-electron chi connectivity index (χ3n) is 5.94. The highest BCUT2D eigenvalue weighted by Gasteiger charge is 2.38. The minimum absolute atomic E-state index is 0.0719. The Morgan fingerprint density at radius 2 is 1.97 bits per heavy atom. The molecule has 0 amide bonds. The van der Waals surface area contributed by atoms with Crippen LogP contribution in [-0.2, 0) is 20.5 Å². The number of aliphatic carboxylic acids is 1. The van der Waals surface area contributed by atoms with Gasteiger partial charge in [-0.05, 0) is 43.3 Å². The van der Waals surface area contributed by atoms with Gasteiger partial charge in [-0.15, -0.1) is 0 Å². The topological polar surface area (TPSA) is 150 Å². The second kappa shape index (κ2) is 9.93. The summed E-state index contributed by atoms with van der Waals surface area (Å²) in [6, 6.07) is 8.26. The van der Waals surface area contributed by atoms with Crippen molar-refractivity contribution in [2.24, 2.45) is 5.92 Å². The number of esters is 1. The first-order valence-corrected chi connectivity index (χ1v) is 10.9. The van der Waals surface area contributed by atoms with Gasteiger partial charge >= 0.3 is 18.1 Å². The fourth-order valence-corrected chi connectivity index (χ4v) is 4.15. The van der Waals surface area contributed by atoms with Gasteiger partial charge in [0.05, 0.1) is 29.8 Å². The van der Waals surface area contributed by atoms with Gasteiger partial charge in [0.1, 0.15) is 11.6 Å². The number of nitrogens with two attached hydrogens (primary N) is 1. The number of nitrogens with zero attached hydrogens (tertiary/aromatic N) is 2. The first-order valence-electron chi connectivity index (χ1n) is 10.9. The van der Waals surface area contributed by atoms with Crippen LogP contribution in [0, 0.1) is 5.92 Å². The zero-order chi connectivity index (χ0) is 26.9. The van der Waals surface area contributed by atoms with Gasteiger partial charge in [-0.2, -0.15) is 13.2 Å². The molecule has 2 aromatic carbocycles. The van der Waals surface area contributed by atoms with E-state index in [2.05, 4.69) is 15.0 Å². The van der Waals surface area contributed by atoms with Gasteiger partial charge in [-0.25, -0.2) is 4.98 Å². The van der Waals surface area contributed by atoms with Gasteiger partial charge in [0.2, 0.25) is 0 Å². The van der Waals surface area contributed by atoms with Crippen molar-refractivity contribution in [3.63, 3.8) is 0 Å². The molecule has 1 fully saturated rings. The van der Waals surface area contributed by atoms with Gasteiger partial charge in [-0.1, -0.05) is 6.07 Å². The molecule has 2 aromatic heterocycles. The molecular formula is C24H21F3N4O6. The lowest BCUT2D eigenvalue weighted by molar-refractivity contribution is -0.151. The summed E-state index contributed by atoms with van der Waals surface area (Å²) in [4.78, 5) is 38.0.